The summed E-state index contributed by atoms with van der Waals surface area (Å²) >= 11 is 0. The highest BCUT2D eigenvalue weighted by molar-refractivity contribution is 7.89. The minimum Gasteiger partial charge on any atom is -0.493 e. The standard InChI is InChI=1S/C19H21N3O4S/c1-25-17-10-9-13(12-18(17)26-2)27(23,24)22-11-5-8-16(22)19-20-14-6-3-4-7-15(14)21-19/h3-4,6-7,9-10,12,16H,5,8,11H2,1-2H3,(H,20,21)/t16-/m1/s1. The van der Waals surface area contributed by atoms with Gasteiger partial charge in [0.25, 0.3) is 0 Å². The van der Waals surface area contributed by atoms with Gasteiger partial charge < -0.3 is 14.5 Å². The van der Waals surface area contributed by atoms with Crippen LogP contribution < -0.4 is 9.47 Å². The number of H-pyrrole nitrogens is 1. The van der Waals surface area contributed by atoms with Gasteiger partial charge in [-0.15, -0.1) is 0 Å². The average Bonchev–Trinajstić information content (AvgIpc) is 3.34. The molecule has 0 spiro atoms. The summed E-state index contributed by atoms with van der Waals surface area (Å²) in [5, 5.41) is 0. The zero-order chi connectivity index (χ0) is 19.0. The second-order valence-corrected chi connectivity index (χ2v) is 8.32. The molecule has 0 unspecified atom stereocenters. The number of ether oxygens (including phenoxy) is 2. The number of nitrogens with zero attached hydrogens (tertiary/aromatic N) is 2. The molecule has 0 bridgehead atoms. The number of fused-ring (bicyclic) bond motifs is 1. The molecule has 1 fully saturated rings. The van der Waals surface area contributed by atoms with Crippen molar-refractivity contribution < 1.29 is 17.9 Å². The number of imidazole rings is 1. The van der Waals surface area contributed by atoms with Crippen molar-refractivity contribution in [3.63, 3.8) is 0 Å². The maximum Gasteiger partial charge on any atom is 0.243 e. The lowest BCUT2D eigenvalue weighted by Crippen LogP contribution is -2.31. The topological polar surface area (TPSA) is 84.5 Å². The van der Waals surface area contributed by atoms with Gasteiger partial charge in [-0.1, -0.05) is 12.1 Å². The predicted molar refractivity (Wildman–Crippen MR) is 102 cm³/mol. The Bertz CT molecular complexity index is 1040. The normalized spacial score (nSPS) is 18.1. The molecule has 27 heavy (non-hydrogen) atoms. The SMILES string of the molecule is COc1ccc(S(=O)(=O)N2CCC[C@@H]2c2nc3ccccc3[nH]2)cc1OC. The number of aromatic nitrogens is 2. The van der Waals surface area contributed by atoms with Gasteiger partial charge in [0.05, 0.1) is 36.2 Å². The van der Waals surface area contributed by atoms with Crippen molar-refractivity contribution >= 4 is 21.1 Å². The number of aromatic amines is 1. The van der Waals surface area contributed by atoms with E-state index in [1.54, 1.807) is 12.1 Å². The summed E-state index contributed by atoms with van der Waals surface area (Å²) in [5.74, 6) is 1.56. The molecule has 2 heterocycles. The Morgan fingerprint density at radius 3 is 2.63 bits per heavy atom. The summed E-state index contributed by atoms with van der Waals surface area (Å²) in [6.07, 6.45) is 1.51. The van der Waals surface area contributed by atoms with Crippen LogP contribution in [0.1, 0.15) is 24.7 Å². The Morgan fingerprint density at radius 2 is 1.89 bits per heavy atom. The fourth-order valence-electron chi connectivity index (χ4n) is 3.54. The smallest absolute Gasteiger partial charge is 0.243 e. The number of methoxy groups -OCH3 is 2. The third-order valence-corrected chi connectivity index (χ3v) is 6.79. The maximum atomic E-state index is 13.3. The lowest BCUT2D eigenvalue weighted by molar-refractivity contribution is 0.353. The Kier molecular flexibility index (Phi) is 4.53. The Morgan fingerprint density at radius 1 is 1.11 bits per heavy atom. The number of rotatable bonds is 5. The van der Waals surface area contributed by atoms with Crippen molar-refractivity contribution in [1.82, 2.24) is 14.3 Å². The maximum absolute atomic E-state index is 13.3. The van der Waals surface area contributed by atoms with E-state index in [9.17, 15) is 8.42 Å². The van der Waals surface area contributed by atoms with Crippen LogP contribution in [0, 0.1) is 0 Å². The van der Waals surface area contributed by atoms with Gasteiger partial charge in [0.2, 0.25) is 10.0 Å². The van der Waals surface area contributed by atoms with Crippen molar-refractivity contribution in [1.29, 1.82) is 0 Å². The van der Waals surface area contributed by atoms with Crippen molar-refractivity contribution in [3.8, 4) is 11.5 Å². The molecule has 7 nitrogen and oxygen atoms in total. The van der Waals surface area contributed by atoms with E-state index in [0.29, 0.717) is 23.9 Å². The van der Waals surface area contributed by atoms with Gasteiger partial charge in [-0.2, -0.15) is 4.31 Å². The fourth-order valence-corrected chi connectivity index (χ4v) is 5.22. The third-order valence-electron chi connectivity index (χ3n) is 4.89. The molecule has 1 aromatic heterocycles. The molecular weight excluding hydrogens is 366 g/mol. The van der Waals surface area contributed by atoms with Crippen LogP contribution in [0.15, 0.2) is 47.4 Å². The summed E-state index contributed by atoms with van der Waals surface area (Å²) in [6, 6.07) is 12.0. The lowest BCUT2D eigenvalue weighted by atomic mass is 10.2. The second-order valence-electron chi connectivity index (χ2n) is 6.43. The number of sulfonamides is 1. The van der Waals surface area contributed by atoms with Crippen LogP contribution in [0.4, 0.5) is 0 Å². The van der Waals surface area contributed by atoms with Gasteiger partial charge in [-0.05, 0) is 37.1 Å². The Balaban J connectivity index is 1.72. The lowest BCUT2D eigenvalue weighted by Gasteiger charge is -2.23. The molecule has 3 aromatic rings. The molecule has 1 saturated heterocycles. The summed E-state index contributed by atoms with van der Waals surface area (Å²) in [5.41, 5.74) is 1.74. The number of benzene rings is 2. The monoisotopic (exact) mass is 387 g/mol. The molecule has 0 amide bonds. The van der Waals surface area contributed by atoms with Crippen LogP contribution in [0.3, 0.4) is 0 Å². The van der Waals surface area contributed by atoms with Gasteiger partial charge >= 0.3 is 0 Å². The van der Waals surface area contributed by atoms with Gasteiger partial charge in [-0.25, -0.2) is 13.4 Å². The third kappa shape index (κ3) is 3.04. The van der Waals surface area contributed by atoms with Crippen molar-refractivity contribution in [2.75, 3.05) is 20.8 Å². The first-order chi connectivity index (χ1) is 13.0. The quantitative estimate of drug-likeness (QED) is 0.727. The van der Waals surface area contributed by atoms with Crippen molar-refractivity contribution in [2.45, 2.75) is 23.8 Å². The molecule has 1 aliphatic heterocycles. The highest BCUT2D eigenvalue weighted by Crippen LogP contribution is 2.38. The average molecular weight is 387 g/mol. The highest BCUT2D eigenvalue weighted by atomic mass is 32.2. The summed E-state index contributed by atoms with van der Waals surface area (Å²) in [4.78, 5) is 8.06. The Hall–Kier alpha value is -2.58. The minimum atomic E-state index is -3.69. The van der Waals surface area contributed by atoms with E-state index >= 15 is 0 Å². The zero-order valence-electron chi connectivity index (χ0n) is 15.2. The number of para-hydroxylation sites is 2. The molecule has 4 rings (SSSR count). The number of nitrogens with one attached hydrogen (secondary N) is 1. The Labute approximate surface area is 158 Å². The molecule has 142 valence electrons. The fraction of sp³-hybridized carbons (Fsp3) is 0.316. The second kappa shape index (κ2) is 6.86. The van der Waals surface area contributed by atoms with Gasteiger partial charge in [0.15, 0.2) is 11.5 Å². The molecule has 1 atom stereocenters. The number of hydrogen-bond acceptors (Lipinski definition) is 5. The first kappa shape index (κ1) is 17.8. The van der Waals surface area contributed by atoms with Crippen LogP contribution in [0.5, 0.6) is 11.5 Å². The largest absolute Gasteiger partial charge is 0.493 e. The van der Waals surface area contributed by atoms with E-state index < -0.39 is 10.0 Å². The van der Waals surface area contributed by atoms with Crippen LogP contribution in [-0.4, -0.2) is 43.5 Å². The highest BCUT2D eigenvalue weighted by Gasteiger charge is 2.38. The van der Waals surface area contributed by atoms with E-state index in [0.717, 1.165) is 23.9 Å². The predicted octanol–water partition coefficient (Wildman–Crippen LogP) is 3.11. The van der Waals surface area contributed by atoms with Gasteiger partial charge in [0.1, 0.15) is 5.82 Å². The molecule has 0 aliphatic carbocycles. The van der Waals surface area contributed by atoms with E-state index in [-0.39, 0.29) is 10.9 Å². The molecular formula is C19H21N3O4S. The molecule has 0 radical (unpaired) electrons. The summed E-state index contributed by atoms with van der Waals surface area (Å²) in [7, 11) is -0.688. The van der Waals surface area contributed by atoms with E-state index in [1.165, 1.54) is 24.6 Å². The van der Waals surface area contributed by atoms with Crippen LogP contribution in [0.2, 0.25) is 0 Å². The van der Waals surface area contributed by atoms with Crippen LogP contribution >= 0.6 is 0 Å². The minimum absolute atomic E-state index is 0.183. The molecule has 1 N–H and O–H groups in total. The first-order valence-corrected chi connectivity index (χ1v) is 10.2. The molecule has 1 aliphatic rings. The van der Waals surface area contributed by atoms with Crippen molar-refractivity contribution in [3.05, 3.63) is 48.3 Å². The number of hydrogen-bond donors (Lipinski definition) is 1. The molecule has 8 heteroatoms. The molecule has 0 saturated carbocycles. The summed E-state index contributed by atoms with van der Waals surface area (Å²) in [6.45, 7) is 0.457. The van der Waals surface area contributed by atoms with Crippen molar-refractivity contribution in [2.24, 2.45) is 0 Å². The van der Waals surface area contributed by atoms with E-state index in [1.807, 2.05) is 24.3 Å². The van der Waals surface area contributed by atoms with Gasteiger partial charge in [0, 0.05) is 12.6 Å². The van der Waals surface area contributed by atoms with Crippen LogP contribution in [-0.2, 0) is 10.0 Å². The van der Waals surface area contributed by atoms with Crippen LogP contribution in [0.25, 0.3) is 11.0 Å². The van der Waals surface area contributed by atoms with E-state index in [4.69, 9.17) is 9.47 Å². The summed E-state index contributed by atoms with van der Waals surface area (Å²) < 4.78 is 38.6. The van der Waals surface area contributed by atoms with E-state index in [2.05, 4.69) is 9.97 Å². The van der Waals surface area contributed by atoms with Gasteiger partial charge in [-0.3, -0.25) is 0 Å². The molecule has 2 aromatic carbocycles. The zero-order valence-corrected chi connectivity index (χ0v) is 16.0. The first-order valence-electron chi connectivity index (χ1n) is 8.73.